The van der Waals surface area contributed by atoms with E-state index in [-0.39, 0.29) is 12.4 Å². The molecule has 0 aliphatic carbocycles. The highest BCUT2D eigenvalue weighted by atomic mass is 19.1. The number of benzene rings is 2. The van der Waals surface area contributed by atoms with Crippen molar-refractivity contribution < 1.29 is 23.5 Å². The normalized spacial score (nSPS) is 10.5. The van der Waals surface area contributed by atoms with Crippen molar-refractivity contribution >= 4 is 11.9 Å². The summed E-state index contributed by atoms with van der Waals surface area (Å²) < 4.78 is 24.1. The third-order valence-corrected chi connectivity index (χ3v) is 3.66. The largest absolute Gasteiger partial charge is 0.493 e. The molecule has 0 radical (unpaired) electrons. The molecule has 2 aromatic carbocycles. The van der Waals surface area contributed by atoms with Crippen molar-refractivity contribution in [3.8, 4) is 5.75 Å². The lowest BCUT2D eigenvalue weighted by molar-refractivity contribution is -0.124. The summed E-state index contributed by atoms with van der Waals surface area (Å²) in [6.45, 7) is 4.47. The van der Waals surface area contributed by atoms with Crippen molar-refractivity contribution in [1.82, 2.24) is 5.32 Å². The Labute approximate surface area is 158 Å². The van der Waals surface area contributed by atoms with E-state index < -0.39 is 18.5 Å². The first-order chi connectivity index (χ1) is 13.0. The van der Waals surface area contributed by atoms with E-state index in [1.807, 2.05) is 13.8 Å². The standard InChI is InChI=1S/C21H24FNO4/c1-15(2)13-26-18-8-5-7-17(12-18)21(25)27-14-20(24)23-11-10-16-6-3-4-9-19(16)22/h3-9,12,15H,10-11,13-14H2,1-2H3,(H,23,24). The lowest BCUT2D eigenvalue weighted by Crippen LogP contribution is -2.30. The highest BCUT2D eigenvalue weighted by molar-refractivity contribution is 5.91. The van der Waals surface area contributed by atoms with Gasteiger partial charge in [0.15, 0.2) is 6.61 Å². The Morgan fingerprint density at radius 3 is 2.63 bits per heavy atom. The highest BCUT2D eigenvalue weighted by Crippen LogP contribution is 2.15. The van der Waals surface area contributed by atoms with Gasteiger partial charge >= 0.3 is 5.97 Å². The molecule has 6 heteroatoms. The fourth-order valence-electron chi connectivity index (χ4n) is 2.28. The van der Waals surface area contributed by atoms with Crippen molar-refractivity contribution in [2.24, 2.45) is 5.92 Å². The Bertz CT molecular complexity index is 776. The topological polar surface area (TPSA) is 64.6 Å². The fourth-order valence-corrected chi connectivity index (χ4v) is 2.28. The number of hydrogen-bond donors (Lipinski definition) is 1. The van der Waals surface area contributed by atoms with E-state index in [1.54, 1.807) is 42.5 Å². The van der Waals surface area contributed by atoms with Crippen LogP contribution in [0.1, 0.15) is 29.8 Å². The number of rotatable bonds is 9. The summed E-state index contributed by atoms with van der Waals surface area (Å²) in [5.41, 5.74) is 0.837. The molecule has 0 atom stereocenters. The number of nitrogens with one attached hydrogen (secondary N) is 1. The fraction of sp³-hybridized carbons (Fsp3) is 0.333. The summed E-state index contributed by atoms with van der Waals surface area (Å²) in [5.74, 6) is -0.403. The number of carbonyl (C=O) groups excluding carboxylic acids is 2. The van der Waals surface area contributed by atoms with Gasteiger partial charge in [0.05, 0.1) is 12.2 Å². The Hall–Kier alpha value is -2.89. The predicted octanol–water partition coefficient (Wildman–Crippen LogP) is 3.38. The molecule has 144 valence electrons. The van der Waals surface area contributed by atoms with Crippen molar-refractivity contribution in [2.45, 2.75) is 20.3 Å². The van der Waals surface area contributed by atoms with E-state index >= 15 is 0 Å². The highest BCUT2D eigenvalue weighted by Gasteiger charge is 2.11. The monoisotopic (exact) mass is 373 g/mol. The zero-order valence-corrected chi connectivity index (χ0v) is 15.5. The third kappa shape index (κ3) is 7.09. The first-order valence-electron chi connectivity index (χ1n) is 8.86. The van der Waals surface area contributed by atoms with E-state index in [0.29, 0.717) is 35.8 Å². The van der Waals surface area contributed by atoms with Crippen LogP contribution in [0.3, 0.4) is 0 Å². The first-order valence-corrected chi connectivity index (χ1v) is 8.86. The molecule has 0 unspecified atom stereocenters. The van der Waals surface area contributed by atoms with Gasteiger partial charge in [-0.2, -0.15) is 0 Å². The summed E-state index contributed by atoms with van der Waals surface area (Å²) in [4.78, 5) is 23.9. The third-order valence-electron chi connectivity index (χ3n) is 3.66. The molecule has 2 rings (SSSR count). The minimum Gasteiger partial charge on any atom is -0.493 e. The smallest absolute Gasteiger partial charge is 0.338 e. The van der Waals surface area contributed by atoms with Crippen LogP contribution < -0.4 is 10.1 Å². The Morgan fingerprint density at radius 2 is 1.89 bits per heavy atom. The lowest BCUT2D eigenvalue weighted by atomic mass is 10.1. The van der Waals surface area contributed by atoms with Gasteiger partial charge in [-0.15, -0.1) is 0 Å². The van der Waals surface area contributed by atoms with Gasteiger partial charge in [-0.25, -0.2) is 9.18 Å². The molecule has 0 aliphatic rings. The Kier molecular flexibility index (Phi) is 7.79. The summed E-state index contributed by atoms with van der Waals surface area (Å²) in [7, 11) is 0. The molecule has 1 amide bonds. The zero-order valence-electron chi connectivity index (χ0n) is 15.5. The molecule has 0 saturated heterocycles. The van der Waals surface area contributed by atoms with Crippen molar-refractivity contribution in [3.05, 3.63) is 65.5 Å². The molecule has 0 aromatic heterocycles. The number of halogens is 1. The van der Waals surface area contributed by atoms with Crippen molar-refractivity contribution in [2.75, 3.05) is 19.8 Å². The van der Waals surface area contributed by atoms with Crippen LogP contribution in [0.25, 0.3) is 0 Å². The van der Waals surface area contributed by atoms with Crippen molar-refractivity contribution in [3.63, 3.8) is 0 Å². The number of carbonyl (C=O) groups is 2. The summed E-state index contributed by atoms with van der Waals surface area (Å²) >= 11 is 0. The van der Waals surface area contributed by atoms with Gasteiger partial charge in [0.1, 0.15) is 11.6 Å². The molecule has 0 saturated carbocycles. The van der Waals surface area contributed by atoms with Gasteiger partial charge in [0.25, 0.3) is 5.91 Å². The van der Waals surface area contributed by atoms with E-state index in [0.717, 1.165) is 0 Å². The average molecular weight is 373 g/mol. The second kappa shape index (κ2) is 10.3. The number of hydrogen-bond acceptors (Lipinski definition) is 4. The second-order valence-corrected chi connectivity index (χ2v) is 6.50. The Morgan fingerprint density at radius 1 is 1.11 bits per heavy atom. The average Bonchev–Trinajstić information content (AvgIpc) is 2.66. The van der Waals surface area contributed by atoms with Crippen LogP contribution >= 0.6 is 0 Å². The van der Waals surface area contributed by atoms with Gasteiger partial charge in [0, 0.05) is 6.54 Å². The summed E-state index contributed by atoms with van der Waals surface area (Å²) in [6, 6.07) is 13.0. The number of ether oxygens (including phenoxy) is 2. The maximum absolute atomic E-state index is 13.5. The van der Waals surface area contributed by atoms with E-state index in [9.17, 15) is 14.0 Å². The van der Waals surface area contributed by atoms with Crippen LogP contribution in [-0.4, -0.2) is 31.6 Å². The van der Waals surface area contributed by atoms with Crippen LogP contribution in [0.15, 0.2) is 48.5 Å². The molecule has 27 heavy (non-hydrogen) atoms. The molecular weight excluding hydrogens is 349 g/mol. The molecule has 0 bridgehead atoms. The van der Waals surface area contributed by atoms with Crippen LogP contribution in [-0.2, 0) is 16.0 Å². The molecule has 1 N–H and O–H groups in total. The zero-order chi connectivity index (χ0) is 19.6. The van der Waals surface area contributed by atoms with Crippen LogP contribution in [0, 0.1) is 11.7 Å². The minimum absolute atomic E-state index is 0.260. The number of amides is 1. The minimum atomic E-state index is -0.603. The molecule has 2 aromatic rings. The van der Waals surface area contributed by atoms with E-state index in [1.165, 1.54) is 6.07 Å². The van der Waals surface area contributed by atoms with Crippen molar-refractivity contribution in [1.29, 1.82) is 0 Å². The van der Waals surface area contributed by atoms with Gasteiger partial charge in [-0.05, 0) is 42.2 Å². The first kappa shape index (κ1) is 20.4. The van der Waals surface area contributed by atoms with Crippen LogP contribution in [0.2, 0.25) is 0 Å². The van der Waals surface area contributed by atoms with E-state index in [4.69, 9.17) is 9.47 Å². The quantitative estimate of drug-likeness (QED) is 0.685. The molecule has 0 heterocycles. The van der Waals surface area contributed by atoms with Gasteiger partial charge in [-0.3, -0.25) is 4.79 Å². The van der Waals surface area contributed by atoms with Gasteiger partial charge in [0.2, 0.25) is 0 Å². The summed E-state index contributed by atoms with van der Waals surface area (Å²) in [5, 5.41) is 2.60. The Balaban J connectivity index is 1.75. The number of esters is 1. The molecule has 0 spiro atoms. The predicted molar refractivity (Wildman–Crippen MR) is 100 cm³/mol. The molecule has 0 aliphatic heterocycles. The maximum Gasteiger partial charge on any atom is 0.338 e. The molecule has 5 nitrogen and oxygen atoms in total. The SMILES string of the molecule is CC(C)COc1cccc(C(=O)OCC(=O)NCCc2ccccc2F)c1. The van der Waals surface area contributed by atoms with Crippen LogP contribution in [0.4, 0.5) is 4.39 Å². The van der Waals surface area contributed by atoms with Gasteiger partial charge < -0.3 is 14.8 Å². The summed E-state index contributed by atoms with van der Waals surface area (Å²) in [6.07, 6.45) is 0.363. The molecule has 0 fully saturated rings. The maximum atomic E-state index is 13.5. The second-order valence-electron chi connectivity index (χ2n) is 6.50. The van der Waals surface area contributed by atoms with E-state index in [2.05, 4.69) is 5.32 Å². The molecular formula is C21H24FNO4. The van der Waals surface area contributed by atoms with Crippen LogP contribution in [0.5, 0.6) is 5.75 Å². The van der Waals surface area contributed by atoms with Gasteiger partial charge in [-0.1, -0.05) is 38.1 Å². The lowest BCUT2D eigenvalue weighted by Gasteiger charge is -2.10.